The smallest absolute Gasteiger partial charge is 0.144 e. The summed E-state index contributed by atoms with van der Waals surface area (Å²) in [5.74, 6) is 0. The van der Waals surface area contributed by atoms with Gasteiger partial charge in [-0.3, -0.25) is 0 Å². The molecule has 0 aromatic carbocycles. The summed E-state index contributed by atoms with van der Waals surface area (Å²) in [5, 5.41) is 1.24. The van der Waals surface area contributed by atoms with Crippen molar-refractivity contribution in [2.45, 2.75) is 72.3 Å². The molecule has 0 saturated heterocycles. The molecule has 0 aliphatic heterocycles. The molecule has 0 aliphatic carbocycles. The van der Waals surface area contributed by atoms with Gasteiger partial charge in [0.05, 0.1) is 5.69 Å². The third-order valence-corrected chi connectivity index (χ3v) is 3.68. The third kappa shape index (κ3) is 2.46. The topological polar surface area (TPSA) is 30.7 Å². The minimum atomic E-state index is 0.0182. The van der Waals surface area contributed by atoms with Crippen molar-refractivity contribution in [2.75, 3.05) is 0 Å². The van der Waals surface area contributed by atoms with E-state index in [-0.39, 0.29) is 10.8 Å². The minimum absolute atomic E-state index is 0.0182. The van der Waals surface area contributed by atoms with Crippen molar-refractivity contribution < 1.29 is 0 Å². The van der Waals surface area contributed by atoms with Crippen molar-refractivity contribution in [3.05, 3.63) is 23.8 Å². The first-order chi connectivity index (χ1) is 9.03. The van der Waals surface area contributed by atoms with Crippen molar-refractivity contribution in [2.24, 2.45) is 0 Å². The van der Waals surface area contributed by atoms with Crippen molar-refractivity contribution >= 4 is 11.0 Å². The number of fused-ring (bicyclic) bond motifs is 1. The van der Waals surface area contributed by atoms with Crippen LogP contribution in [0.3, 0.4) is 0 Å². The fraction of sp³-hybridized carbons (Fsp3) is 0.647. The second kappa shape index (κ2) is 4.57. The normalized spacial score (nSPS) is 13.4. The largest absolute Gasteiger partial charge is 0.330 e. The first kappa shape index (κ1) is 15.0. The van der Waals surface area contributed by atoms with Gasteiger partial charge in [-0.15, -0.1) is 0 Å². The highest BCUT2D eigenvalue weighted by atomic mass is 15.1. The molecule has 20 heavy (non-hydrogen) atoms. The Balaban J connectivity index is 2.93. The van der Waals surface area contributed by atoms with E-state index in [1.807, 2.05) is 0 Å². The second-order valence-electron chi connectivity index (χ2n) is 7.96. The van der Waals surface area contributed by atoms with Crippen molar-refractivity contribution in [3.63, 3.8) is 0 Å². The Bertz CT molecular complexity index is 622. The Morgan fingerprint density at radius 3 is 2.00 bits per heavy atom. The Morgan fingerprint density at radius 1 is 0.950 bits per heavy atom. The lowest BCUT2D eigenvalue weighted by molar-refractivity contribution is 0.565. The van der Waals surface area contributed by atoms with Gasteiger partial charge in [0.2, 0.25) is 0 Å². The van der Waals surface area contributed by atoms with Crippen molar-refractivity contribution in [1.29, 1.82) is 0 Å². The van der Waals surface area contributed by atoms with Gasteiger partial charge < -0.3 is 4.57 Å². The van der Waals surface area contributed by atoms with Crippen LogP contribution in [0.15, 0.2) is 12.5 Å². The Kier molecular flexibility index (Phi) is 3.43. The van der Waals surface area contributed by atoms with Crippen LogP contribution >= 0.6 is 0 Å². The van der Waals surface area contributed by atoms with Gasteiger partial charge in [-0.25, -0.2) is 9.97 Å². The molecule has 0 bridgehead atoms. The van der Waals surface area contributed by atoms with Crippen LogP contribution < -0.4 is 0 Å². The number of nitrogens with zero attached hydrogens (tertiary/aromatic N) is 3. The zero-order valence-corrected chi connectivity index (χ0v) is 14.1. The summed E-state index contributed by atoms with van der Waals surface area (Å²) in [6.45, 7) is 17.8. The summed E-state index contributed by atoms with van der Waals surface area (Å²) >= 11 is 0. The maximum absolute atomic E-state index is 4.60. The molecule has 3 nitrogen and oxygen atoms in total. The van der Waals surface area contributed by atoms with E-state index in [2.05, 4.69) is 76.1 Å². The van der Waals surface area contributed by atoms with Crippen molar-refractivity contribution in [1.82, 2.24) is 14.5 Å². The summed E-state index contributed by atoms with van der Waals surface area (Å²) in [6.07, 6.45) is 3.97. The predicted octanol–water partition coefficient (Wildman–Crippen LogP) is 4.61. The van der Waals surface area contributed by atoms with E-state index in [1.54, 1.807) is 6.33 Å². The van der Waals surface area contributed by atoms with Crippen LogP contribution in [0.5, 0.6) is 0 Å². The van der Waals surface area contributed by atoms with Gasteiger partial charge in [-0.1, -0.05) is 41.5 Å². The summed E-state index contributed by atoms with van der Waals surface area (Å²) in [5.41, 5.74) is 3.65. The summed E-state index contributed by atoms with van der Waals surface area (Å²) < 4.78 is 2.27. The summed E-state index contributed by atoms with van der Waals surface area (Å²) in [4.78, 5) is 9.16. The number of hydrogen-bond donors (Lipinski definition) is 0. The van der Waals surface area contributed by atoms with E-state index in [0.717, 1.165) is 11.3 Å². The van der Waals surface area contributed by atoms with Crippen LogP contribution in [-0.4, -0.2) is 14.5 Å². The summed E-state index contributed by atoms with van der Waals surface area (Å²) in [7, 11) is 0. The molecule has 0 radical (unpaired) electrons. The lowest BCUT2D eigenvalue weighted by atomic mass is 9.82. The van der Waals surface area contributed by atoms with Crippen molar-refractivity contribution in [3.8, 4) is 0 Å². The standard InChI is InChI=1S/C17H27N3/c1-11(2)20-9-12(16(3,4)5)13-14(17(6,7)8)18-10-19-15(13)20/h9-11H,1-8H3. The summed E-state index contributed by atoms with van der Waals surface area (Å²) in [6, 6.07) is 0.399. The van der Waals surface area contributed by atoms with E-state index < -0.39 is 0 Å². The van der Waals surface area contributed by atoms with Gasteiger partial charge in [0, 0.05) is 23.0 Å². The molecule has 0 saturated carbocycles. The van der Waals surface area contributed by atoms with Gasteiger partial charge >= 0.3 is 0 Å². The van der Waals surface area contributed by atoms with E-state index in [4.69, 9.17) is 0 Å². The van der Waals surface area contributed by atoms with Crippen LogP contribution in [0.2, 0.25) is 0 Å². The molecule has 110 valence electrons. The zero-order valence-electron chi connectivity index (χ0n) is 14.1. The molecule has 0 N–H and O–H groups in total. The quantitative estimate of drug-likeness (QED) is 0.759. The first-order valence-electron chi connectivity index (χ1n) is 7.40. The van der Waals surface area contributed by atoms with Gasteiger partial charge in [0.25, 0.3) is 0 Å². The van der Waals surface area contributed by atoms with Gasteiger partial charge in [-0.05, 0) is 24.8 Å². The molecule has 2 aromatic heterocycles. The number of hydrogen-bond acceptors (Lipinski definition) is 2. The van der Waals surface area contributed by atoms with Gasteiger partial charge in [-0.2, -0.15) is 0 Å². The van der Waals surface area contributed by atoms with Crippen LogP contribution in [-0.2, 0) is 10.8 Å². The minimum Gasteiger partial charge on any atom is -0.330 e. The molecular formula is C17H27N3. The highest BCUT2D eigenvalue weighted by molar-refractivity contribution is 5.85. The van der Waals surface area contributed by atoms with E-state index >= 15 is 0 Å². The van der Waals surface area contributed by atoms with Crippen LogP contribution in [0.1, 0.15) is 72.7 Å². The van der Waals surface area contributed by atoms with Crippen LogP contribution in [0, 0.1) is 0 Å². The molecule has 0 aliphatic rings. The lowest BCUT2D eigenvalue weighted by Crippen LogP contribution is -2.17. The predicted molar refractivity (Wildman–Crippen MR) is 85.3 cm³/mol. The average Bonchev–Trinajstić information content (AvgIpc) is 2.65. The van der Waals surface area contributed by atoms with E-state index in [9.17, 15) is 0 Å². The molecule has 0 unspecified atom stereocenters. The fourth-order valence-corrected chi connectivity index (χ4v) is 2.62. The average molecular weight is 273 g/mol. The molecular weight excluding hydrogens is 246 g/mol. The van der Waals surface area contributed by atoms with Crippen LogP contribution in [0.25, 0.3) is 11.0 Å². The number of rotatable bonds is 1. The monoisotopic (exact) mass is 273 g/mol. The third-order valence-electron chi connectivity index (χ3n) is 3.68. The molecule has 2 aromatic rings. The maximum atomic E-state index is 4.60. The van der Waals surface area contributed by atoms with E-state index in [1.165, 1.54) is 10.9 Å². The maximum Gasteiger partial charge on any atom is 0.144 e. The van der Waals surface area contributed by atoms with E-state index in [0.29, 0.717) is 6.04 Å². The Labute approximate surface area is 122 Å². The molecule has 3 heteroatoms. The molecule has 0 atom stereocenters. The molecule has 0 spiro atoms. The highest BCUT2D eigenvalue weighted by Gasteiger charge is 2.28. The van der Waals surface area contributed by atoms with Gasteiger partial charge in [0.15, 0.2) is 0 Å². The Hall–Kier alpha value is -1.38. The molecule has 0 fully saturated rings. The fourth-order valence-electron chi connectivity index (χ4n) is 2.62. The highest BCUT2D eigenvalue weighted by Crippen LogP contribution is 2.37. The second-order valence-corrected chi connectivity index (χ2v) is 7.96. The number of aromatic nitrogens is 3. The molecule has 2 rings (SSSR count). The lowest BCUT2D eigenvalue weighted by Gasteiger charge is -2.23. The molecule has 0 amide bonds. The van der Waals surface area contributed by atoms with Gasteiger partial charge in [0.1, 0.15) is 12.0 Å². The Morgan fingerprint density at radius 2 is 1.55 bits per heavy atom. The SMILES string of the molecule is CC(C)n1cc(C(C)(C)C)c2c(C(C)(C)C)ncnc21. The molecule has 2 heterocycles. The van der Waals surface area contributed by atoms with Crippen LogP contribution in [0.4, 0.5) is 0 Å². The zero-order chi connectivity index (χ0) is 15.3. The first-order valence-corrected chi connectivity index (χ1v) is 7.40.